The zero-order valence-corrected chi connectivity index (χ0v) is 8.66. The van der Waals surface area contributed by atoms with Crippen molar-refractivity contribution in [3.8, 4) is 0 Å². The van der Waals surface area contributed by atoms with Crippen LogP contribution >= 0.6 is 0 Å². The monoisotopic (exact) mass is 210 g/mol. The van der Waals surface area contributed by atoms with Crippen LogP contribution in [0.1, 0.15) is 36.7 Å². The fraction of sp³-hybridized carbons (Fsp3) is 0.600. The Morgan fingerprint density at radius 3 is 3.13 bits per heavy atom. The van der Waals surface area contributed by atoms with Gasteiger partial charge in [0, 0.05) is 6.04 Å². The van der Waals surface area contributed by atoms with E-state index in [0.29, 0.717) is 18.7 Å². The third-order valence-electron chi connectivity index (χ3n) is 2.42. The summed E-state index contributed by atoms with van der Waals surface area (Å²) in [5.41, 5.74) is 0.221. The zero-order valence-electron chi connectivity index (χ0n) is 8.66. The van der Waals surface area contributed by atoms with Crippen LogP contribution in [0, 0.1) is 0 Å². The lowest BCUT2D eigenvalue weighted by Gasteiger charge is -2.25. The lowest BCUT2D eigenvalue weighted by Crippen LogP contribution is -2.27. The molecule has 1 heterocycles. The van der Waals surface area contributed by atoms with Gasteiger partial charge in [0.25, 0.3) is 6.01 Å². The fourth-order valence-corrected chi connectivity index (χ4v) is 1.37. The Labute approximate surface area is 87.8 Å². The van der Waals surface area contributed by atoms with Crippen LogP contribution in [0.15, 0.2) is 10.7 Å². The number of anilines is 1. The Morgan fingerprint density at radius 1 is 1.73 bits per heavy atom. The largest absolute Gasteiger partial charge is 0.461 e. The molecule has 0 amide bonds. The number of carbonyl (C=O) groups excluding carboxylic acids is 1. The number of aromatic nitrogens is 1. The van der Waals surface area contributed by atoms with Crippen LogP contribution in [0.4, 0.5) is 6.01 Å². The highest BCUT2D eigenvalue weighted by molar-refractivity contribution is 5.87. The number of esters is 1. The first-order valence-electron chi connectivity index (χ1n) is 5.18. The molecule has 1 N–H and O–H groups in total. The molecule has 15 heavy (non-hydrogen) atoms. The first-order valence-corrected chi connectivity index (χ1v) is 5.18. The number of ether oxygens (including phenoxy) is 1. The van der Waals surface area contributed by atoms with Gasteiger partial charge < -0.3 is 14.5 Å². The maximum Gasteiger partial charge on any atom is 0.360 e. The van der Waals surface area contributed by atoms with Crippen molar-refractivity contribution < 1.29 is 13.9 Å². The molecule has 1 saturated carbocycles. The third-order valence-corrected chi connectivity index (χ3v) is 2.42. The average molecular weight is 210 g/mol. The first kappa shape index (κ1) is 10.0. The lowest BCUT2D eigenvalue weighted by molar-refractivity contribution is 0.0519. The Hall–Kier alpha value is -1.52. The standard InChI is InChI=1S/C10H14N2O3/c1-2-14-9(13)8-6-15-10(12-8)11-7-4-3-5-7/h6-7H,2-5H2,1H3,(H,11,12). The fourth-order valence-electron chi connectivity index (χ4n) is 1.37. The van der Waals surface area contributed by atoms with Gasteiger partial charge in [-0.15, -0.1) is 0 Å². The molecule has 1 aromatic heterocycles. The van der Waals surface area contributed by atoms with E-state index in [9.17, 15) is 4.79 Å². The summed E-state index contributed by atoms with van der Waals surface area (Å²) in [6.07, 6.45) is 4.83. The highest BCUT2D eigenvalue weighted by Crippen LogP contribution is 2.22. The summed E-state index contributed by atoms with van der Waals surface area (Å²) >= 11 is 0. The molecule has 0 aromatic carbocycles. The third kappa shape index (κ3) is 2.29. The van der Waals surface area contributed by atoms with E-state index in [-0.39, 0.29) is 5.69 Å². The highest BCUT2D eigenvalue weighted by Gasteiger charge is 2.20. The van der Waals surface area contributed by atoms with E-state index >= 15 is 0 Å². The molecular weight excluding hydrogens is 196 g/mol. The van der Waals surface area contributed by atoms with E-state index in [4.69, 9.17) is 9.15 Å². The summed E-state index contributed by atoms with van der Waals surface area (Å²) in [5.74, 6) is -0.442. The minimum atomic E-state index is -0.442. The molecule has 0 radical (unpaired) electrons. The van der Waals surface area contributed by atoms with Crippen LogP contribution < -0.4 is 5.32 Å². The molecule has 5 nitrogen and oxygen atoms in total. The summed E-state index contributed by atoms with van der Waals surface area (Å²) in [5, 5.41) is 3.11. The van der Waals surface area contributed by atoms with Gasteiger partial charge in [-0.05, 0) is 26.2 Å². The van der Waals surface area contributed by atoms with E-state index < -0.39 is 5.97 Å². The van der Waals surface area contributed by atoms with Crippen molar-refractivity contribution in [3.63, 3.8) is 0 Å². The van der Waals surface area contributed by atoms with E-state index in [1.54, 1.807) is 6.92 Å². The minimum Gasteiger partial charge on any atom is -0.461 e. The minimum absolute atomic E-state index is 0.221. The Bertz CT molecular complexity index is 344. The van der Waals surface area contributed by atoms with Gasteiger partial charge in [-0.25, -0.2) is 4.79 Å². The van der Waals surface area contributed by atoms with Gasteiger partial charge in [0.15, 0.2) is 5.69 Å². The Balaban J connectivity index is 1.93. The van der Waals surface area contributed by atoms with E-state index in [0.717, 1.165) is 12.8 Å². The van der Waals surface area contributed by atoms with Crippen molar-refractivity contribution in [2.24, 2.45) is 0 Å². The summed E-state index contributed by atoms with van der Waals surface area (Å²) in [6, 6.07) is 0.849. The molecule has 0 unspecified atom stereocenters. The molecule has 1 aromatic rings. The quantitative estimate of drug-likeness (QED) is 0.768. The Kier molecular flexibility index (Phi) is 2.89. The molecule has 1 aliphatic rings. The molecule has 0 bridgehead atoms. The predicted octanol–water partition coefficient (Wildman–Crippen LogP) is 1.82. The van der Waals surface area contributed by atoms with Crippen molar-refractivity contribution in [3.05, 3.63) is 12.0 Å². The lowest BCUT2D eigenvalue weighted by atomic mass is 9.93. The molecule has 0 aliphatic heterocycles. The first-order chi connectivity index (χ1) is 7.29. The second-order valence-electron chi connectivity index (χ2n) is 3.53. The second-order valence-corrected chi connectivity index (χ2v) is 3.53. The number of hydrogen-bond acceptors (Lipinski definition) is 5. The van der Waals surface area contributed by atoms with Gasteiger partial charge in [-0.2, -0.15) is 4.98 Å². The van der Waals surface area contributed by atoms with Crippen LogP contribution in [0.2, 0.25) is 0 Å². The Morgan fingerprint density at radius 2 is 2.53 bits per heavy atom. The number of oxazole rings is 1. The smallest absolute Gasteiger partial charge is 0.360 e. The number of hydrogen-bond donors (Lipinski definition) is 1. The second kappa shape index (κ2) is 4.33. The molecule has 2 rings (SSSR count). The van der Waals surface area contributed by atoms with Crippen molar-refractivity contribution in [2.45, 2.75) is 32.2 Å². The van der Waals surface area contributed by atoms with Gasteiger partial charge in [-0.1, -0.05) is 0 Å². The van der Waals surface area contributed by atoms with Gasteiger partial charge in [0.05, 0.1) is 6.61 Å². The maximum atomic E-state index is 11.3. The van der Waals surface area contributed by atoms with Gasteiger partial charge in [-0.3, -0.25) is 0 Å². The number of carbonyl (C=O) groups is 1. The van der Waals surface area contributed by atoms with Crippen molar-refractivity contribution in [1.82, 2.24) is 4.98 Å². The maximum absolute atomic E-state index is 11.3. The van der Waals surface area contributed by atoms with Crippen LogP contribution in [0.3, 0.4) is 0 Å². The van der Waals surface area contributed by atoms with Crippen molar-refractivity contribution in [1.29, 1.82) is 0 Å². The summed E-state index contributed by atoms with van der Waals surface area (Å²) in [4.78, 5) is 15.3. The van der Waals surface area contributed by atoms with Crippen LogP contribution in [-0.4, -0.2) is 23.6 Å². The molecule has 0 atom stereocenters. The predicted molar refractivity (Wildman–Crippen MR) is 53.7 cm³/mol. The van der Waals surface area contributed by atoms with E-state index in [1.165, 1.54) is 12.7 Å². The molecule has 82 valence electrons. The summed E-state index contributed by atoms with van der Waals surface area (Å²) in [7, 11) is 0. The number of nitrogens with one attached hydrogen (secondary N) is 1. The molecule has 1 fully saturated rings. The van der Waals surface area contributed by atoms with Crippen LogP contribution in [0.25, 0.3) is 0 Å². The van der Waals surface area contributed by atoms with Gasteiger partial charge in [0.2, 0.25) is 0 Å². The highest BCUT2D eigenvalue weighted by atomic mass is 16.5. The van der Waals surface area contributed by atoms with Gasteiger partial charge >= 0.3 is 5.97 Å². The molecule has 0 spiro atoms. The van der Waals surface area contributed by atoms with Gasteiger partial charge in [0.1, 0.15) is 6.26 Å². The van der Waals surface area contributed by atoms with E-state index in [1.807, 2.05) is 0 Å². The van der Waals surface area contributed by atoms with Crippen molar-refractivity contribution in [2.75, 3.05) is 11.9 Å². The summed E-state index contributed by atoms with van der Waals surface area (Å²) in [6.45, 7) is 2.10. The van der Waals surface area contributed by atoms with Crippen molar-refractivity contribution >= 4 is 12.0 Å². The number of rotatable bonds is 4. The SMILES string of the molecule is CCOC(=O)c1coc(NC2CCC2)n1. The number of nitrogens with zero attached hydrogens (tertiary/aromatic N) is 1. The topological polar surface area (TPSA) is 64.4 Å². The molecule has 0 saturated heterocycles. The molecule has 1 aliphatic carbocycles. The summed E-state index contributed by atoms with van der Waals surface area (Å²) < 4.78 is 9.91. The molecule has 5 heteroatoms. The zero-order chi connectivity index (χ0) is 10.7. The average Bonchev–Trinajstić information content (AvgIpc) is 2.60. The van der Waals surface area contributed by atoms with E-state index in [2.05, 4.69) is 10.3 Å². The normalized spacial score (nSPS) is 15.8. The van der Waals surface area contributed by atoms with Crippen LogP contribution in [0.5, 0.6) is 0 Å². The molecular formula is C10H14N2O3. The van der Waals surface area contributed by atoms with Crippen LogP contribution in [-0.2, 0) is 4.74 Å².